The number of hydrogen-bond acceptors (Lipinski definition) is 4. The molecule has 1 rings (SSSR count). The van der Waals surface area contributed by atoms with Crippen LogP contribution in [0, 0.1) is 0 Å². The minimum Gasteiger partial charge on any atom is -0.339 e. The zero-order valence-corrected chi connectivity index (χ0v) is 7.72. The van der Waals surface area contributed by atoms with Crippen molar-refractivity contribution in [3.63, 3.8) is 0 Å². The van der Waals surface area contributed by atoms with Crippen molar-refractivity contribution in [3.8, 4) is 0 Å². The quantitative estimate of drug-likeness (QED) is 0.798. The molecule has 0 radical (unpaired) electrons. The average Bonchev–Trinajstić information content (AvgIpc) is 2.29. The molecule has 0 saturated heterocycles. The molecule has 0 atom stereocenters. The summed E-state index contributed by atoms with van der Waals surface area (Å²) < 4.78 is 40.1. The predicted molar refractivity (Wildman–Crippen MR) is 41.3 cm³/mol. The lowest BCUT2D eigenvalue weighted by atomic mass is 10.1. The van der Waals surface area contributed by atoms with Crippen LogP contribution < -0.4 is 5.73 Å². The molecule has 0 saturated carbocycles. The summed E-state index contributed by atoms with van der Waals surface area (Å²) in [5, 5.41) is 3.36. The molecule has 0 aliphatic heterocycles. The second-order valence-corrected chi connectivity index (χ2v) is 3.53. The van der Waals surface area contributed by atoms with Gasteiger partial charge in [-0.05, 0) is 13.8 Å². The van der Waals surface area contributed by atoms with Crippen molar-refractivity contribution in [2.45, 2.75) is 32.0 Å². The molecule has 0 aromatic carbocycles. The molecule has 80 valence electrons. The second kappa shape index (κ2) is 3.23. The number of nitrogens with two attached hydrogens (primary N) is 1. The van der Waals surface area contributed by atoms with Gasteiger partial charge in [-0.1, -0.05) is 5.16 Å². The fourth-order valence-corrected chi connectivity index (χ4v) is 0.760. The van der Waals surface area contributed by atoms with Crippen molar-refractivity contribution >= 4 is 0 Å². The van der Waals surface area contributed by atoms with Crippen LogP contribution in [-0.4, -0.2) is 16.3 Å². The van der Waals surface area contributed by atoms with E-state index < -0.39 is 24.0 Å². The van der Waals surface area contributed by atoms with Gasteiger partial charge in [0.2, 0.25) is 5.89 Å². The van der Waals surface area contributed by atoms with Gasteiger partial charge in [0.1, 0.15) is 6.42 Å². The Hall–Kier alpha value is -1.11. The highest BCUT2D eigenvalue weighted by Crippen LogP contribution is 2.21. The van der Waals surface area contributed by atoms with E-state index in [1.807, 2.05) is 0 Å². The van der Waals surface area contributed by atoms with Gasteiger partial charge >= 0.3 is 6.18 Å². The highest BCUT2D eigenvalue weighted by molar-refractivity contribution is 4.99. The number of aromatic nitrogens is 2. The van der Waals surface area contributed by atoms with Gasteiger partial charge in [-0.25, -0.2) is 0 Å². The largest absolute Gasteiger partial charge is 0.397 e. The zero-order valence-electron chi connectivity index (χ0n) is 7.72. The average molecular weight is 209 g/mol. The van der Waals surface area contributed by atoms with Gasteiger partial charge in [0.05, 0.1) is 5.54 Å². The molecular formula is C7H10F3N3O. The van der Waals surface area contributed by atoms with Crippen LogP contribution >= 0.6 is 0 Å². The van der Waals surface area contributed by atoms with Crippen LogP contribution in [0.5, 0.6) is 0 Å². The molecule has 0 amide bonds. The Kier molecular flexibility index (Phi) is 2.53. The maximum absolute atomic E-state index is 11.9. The third-order valence-electron chi connectivity index (χ3n) is 1.40. The number of rotatable bonds is 2. The van der Waals surface area contributed by atoms with Crippen LogP contribution in [0.3, 0.4) is 0 Å². The minimum absolute atomic E-state index is 0.0664. The van der Waals surface area contributed by atoms with Gasteiger partial charge in [-0.15, -0.1) is 0 Å². The Morgan fingerprint density at radius 3 is 2.29 bits per heavy atom. The van der Waals surface area contributed by atoms with Gasteiger partial charge in [0, 0.05) is 0 Å². The van der Waals surface area contributed by atoms with Gasteiger partial charge in [0.25, 0.3) is 0 Å². The van der Waals surface area contributed by atoms with Crippen LogP contribution in [0.25, 0.3) is 0 Å². The maximum Gasteiger partial charge on any atom is 0.397 e. The van der Waals surface area contributed by atoms with Crippen LogP contribution in [0.2, 0.25) is 0 Å². The van der Waals surface area contributed by atoms with E-state index in [4.69, 9.17) is 5.73 Å². The first-order chi connectivity index (χ1) is 6.18. The first kappa shape index (κ1) is 11.0. The highest BCUT2D eigenvalue weighted by Gasteiger charge is 2.32. The summed E-state index contributed by atoms with van der Waals surface area (Å²) in [7, 11) is 0. The standard InChI is InChI=1S/C7H10F3N3O/c1-6(2,11)5-12-4(14-13-5)3-7(8,9)10/h3,11H2,1-2H3. The van der Waals surface area contributed by atoms with E-state index in [0.717, 1.165) is 0 Å². The summed E-state index contributed by atoms with van der Waals surface area (Å²) in [4.78, 5) is 3.54. The Balaban J connectivity index is 2.79. The van der Waals surface area contributed by atoms with E-state index >= 15 is 0 Å². The van der Waals surface area contributed by atoms with E-state index in [1.54, 1.807) is 13.8 Å². The maximum atomic E-state index is 11.9. The molecule has 0 spiro atoms. The van der Waals surface area contributed by atoms with Crippen molar-refractivity contribution < 1.29 is 17.7 Å². The smallest absolute Gasteiger partial charge is 0.339 e. The number of hydrogen-bond donors (Lipinski definition) is 1. The molecule has 1 aromatic heterocycles. The third kappa shape index (κ3) is 2.99. The van der Waals surface area contributed by atoms with Gasteiger partial charge < -0.3 is 10.3 Å². The topological polar surface area (TPSA) is 64.9 Å². The van der Waals surface area contributed by atoms with Crippen LogP contribution in [0.4, 0.5) is 13.2 Å². The third-order valence-corrected chi connectivity index (χ3v) is 1.40. The van der Waals surface area contributed by atoms with Crippen molar-refractivity contribution in [3.05, 3.63) is 11.7 Å². The van der Waals surface area contributed by atoms with Crippen LogP contribution in [0.15, 0.2) is 4.52 Å². The number of halogens is 3. The molecule has 2 N–H and O–H groups in total. The lowest BCUT2D eigenvalue weighted by molar-refractivity contribution is -0.131. The number of nitrogens with zero attached hydrogens (tertiary/aromatic N) is 2. The predicted octanol–water partition coefficient (Wildman–Crippen LogP) is 1.37. The van der Waals surface area contributed by atoms with Crippen LogP contribution in [-0.2, 0) is 12.0 Å². The molecule has 1 aromatic rings. The van der Waals surface area contributed by atoms with E-state index in [-0.39, 0.29) is 5.82 Å². The Bertz CT molecular complexity index is 313. The fourth-order valence-electron chi connectivity index (χ4n) is 0.760. The van der Waals surface area contributed by atoms with Crippen molar-refractivity contribution in [1.82, 2.24) is 10.1 Å². The van der Waals surface area contributed by atoms with Gasteiger partial charge in [-0.3, -0.25) is 0 Å². The molecule has 0 unspecified atom stereocenters. The van der Waals surface area contributed by atoms with Gasteiger partial charge in [-0.2, -0.15) is 18.2 Å². The molecule has 0 bridgehead atoms. The SMILES string of the molecule is CC(C)(N)c1noc(CC(F)(F)F)n1. The molecule has 0 fully saturated rings. The molecule has 0 aliphatic carbocycles. The summed E-state index contributed by atoms with van der Waals surface area (Å²) in [5.74, 6) is -0.400. The van der Waals surface area contributed by atoms with Crippen molar-refractivity contribution in [2.24, 2.45) is 5.73 Å². The summed E-state index contributed by atoms with van der Waals surface area (Å²) in [6, 6.07) is 0. The second-order valence-electron chi connectivity index (χ2n) is 3.53. The van der Waals surface area contributed by atoms with Crippen molar-refractivity contribution in [1.29, 1.82) is 0 Å². The van der Waals surface area contributed by atoms with E-state index in [0.29, 0.717) is 0 Å². The fraction of sp³-hybridized carbons (Fsp3) is 0.714. The highest BCUT2D eigenvalue weighted by atomic mass is 19.4. The zero-order chi connectivity index (χ0) is 11.0. The van der Waals surface area contributed by atoms with E-state index in [9.17, 15) is 13.2 Å². The van der Waals surface area contributed by atoms with Crippen LogP contribution in [0.1, 0.15) is 25.6 Å². The first-order valence-corrected chi connectivity index (χ1v) is 3.87. The minimum atomic E-state index is -4.34. The molecule has 4 nitrogen and oxygen atoms in total. The lowest BCUT2D eigenvalue weighted by Gasteiger charge is -2.11. The molecule has 0 aliphatic rings. The Morgan fingerprint density at radius 1 is 1.36 bits per heavy atom. The van der Waals surface area contributed by atoms with Crippen molar-refractivity contribution in [2.75, 3.05) is 0 Å². The molecule has 7 heteroatoms. The normalized spacial score (nSPS) is 13.3. The van der Waals surface area contributed by atoms with Gasteiger partial charge in [0.15, 0.2) is 5.82 Å². The Labute approximate surface area is 78.3 Å². The number of alkyl halides is 3. The summed E-state index contributed by atoms with van der Waals surface area (Å²) in [6.07, 6.45) is -5.57. The summed E-state index contributed by atoms with van der Waals surface area (Å²) in [6.45, 7) is 3.16. The Morgan fingerprint density at radius 2 is 1.93 bits per heavy atom. The monoisotopic (exact) mass is 209 g/mol. The van der Waals surface area contributed by atoms with E-state index in [1.165, 1.54) is 0 Å². The first-order valence-electron chi connectivity index (χ1n) is 3.87. The van der Waals surface area contributed by atoms with E-state index in [2.05, 4.69) is 14.7 Å². The lowest BCUT2D eigenvalue weighted by Crippen LogP contribution is -2.30. The summed E-state index contributed by atoms with van der Waals surface area (Å²) >= 11 is 0. The molecular weight excluding hydrogens is 199 g/mol. The summed E-state index contributed by atoms with van der Waals surface area (Å²) in [5.41, 5.74) is 4.67. The molecule has 14 heavy (non-hydrogen) atoms. The molecule has 1 heterocycles.